The zero-order chi connectivity index (χ0) is 19.3. The Bertz CT molecular complexity index is 914. The van der Waals surface area contributed by atoms with Crippen LogP contribution in [0.3, 0.4) is 0 Å². The minimum Gasteiger partial charge on any atom is -0.367 e. The van der Waals surface area contributed by atoms with Crippen molar-refractivity contribution in [3.63, 3.8) is 0 Å². The van der Waals surface area contributed by atoms with Gasteiger partial charge in [-0.05, 0) is 36.2 Å². The van der Waals surface area contributed by atoms with Crippen LogP contribution in [-0.2, 0) is 11.3 Å². The topological polar surface area (TPSA) is 72.3 Å². The molecule has 1 fully saturated rings. The summed E-state index contributed by atoms with van der Waals surface area (Å²) in [4.78, 5) is 18.9. The first kappa shape index (κ1) is 18.2. The van der Waals surface area contributed by atoms with E-state index in [0.29, 0.717) is 19.6 Å². The van der Waals surface area contributed by atoms with Gasteiger partial charge in [-0.15, -0.1) is 0 Å². The Morgan fingerprint density at radius 1 is 1.18 bits per heavy atom. The van der Waals surface area contributed by atoms with E-state index in [0.717, 1.165) is 16.9 Å². The fourth-order valence-corrected chi connectivity index (χ4v) is 3.36. The SMILES string of the molecule is C[C@H]1CN(C(=O)NCc2ccnc(-n3cccn3)c2)C[C@@H](c2ccccc2)O1. The van der Waals surface area contributed by atoms with Gasteiger partial charge in [0, 0.05) is 31.7 Å². The van der Waals surface area contributed by atoms with Crippen LogP contribution < -0.4 is 5.32 Å². The highest BCUT2D eigenvalue weighted by molar-refractivity contribution is 5.74. The van der Waals surface area contributed by atoms with Gasteiger partial charge in [0.2, 0.25) is 0 Å². The number of morpholine rings is 1. The summed E-state index contributed by atoms with van der Waals surface area (Å²) in [5, 5.41) is 7.19. The highest BCUT2D eigenvalue weighted by atomic mass is 16.5. The Hall–Kier alpha value is -3.19. The van der Waals surface area contributed by atoms with Gasteiger partial charge in [0.1, 0.15) is 6.10 Å². The minimum atomic E-state index is -0.108. The van der Waals surface area contributed by atoms with Crippen molar-refractivity contribution in [3.8, 4) is 5.82 Å². The molecule has 0 radical (unpaired) electrons. The van der Waals surface area contributed by atoms with E-state index in [1.165, 1.54) is 0 Å². The molecule has 7 nitrogen and oxygen atoms in total. The van der Waals surface area contributed by atoms with Crippen molar-refractivity contribution < 1.29 is 9.53 Å². The third kappa shape index (κ3) is 4.20. The van der Waals surface area contributed by atoms with Gasteiger partial charge in [-0.3, -0.25) is 0 Å². The van der Waals surface area contributed by atoms with Crippen molar-refractivity contribution in [1.82, 2.24) is 25.0 Å². The number of benzene rings is 1. The highest BCUT2D eigenvalue weighted by Gasteiger charge is 2.29. The van der Waals surface area contributed by atoms with Crippen molar-refractivity contribution in [2.75, 3.05) is 13.1 Å². The van der Waals surface area contributed by atoms with Crippen molar-refractivity contribution >= 4 is 6.03 Å². The predicted molar refractivity (Wildman–Crippen MR) is 105 cm³/mol. The van der Waals surface area contributed by atoms with Crippen molar-refractivity contribution in [1.29, 1.82) is 0 Å². The van der Waals surface area contributed by atoms with Crippen LogP contribution in [0.5, 0.6) is 0 Å². The number of carbonyl (C=O) groups excluding carboxylic acids is 1. The Balaban J connectivity index is 1.39. The Morgan fingerprint density at radius 2 is 2.04 bits per heavy atom. The standard InChI is InChI=1S/C21H23N5O2/c1-16-14-25(15-19(28-16)18-6-3-2-4-7-18)21(27)23-13-17-8-10-22-20(12-17)26-11-5-9-24-26/h2-12,16,19H,13-15H2,1H3,(H,23,27)/t16-,19-/m0/s1. The number of ether oxygens (including phenoxy) is 1. The van der Waals surface area contributed by atoms with E-state index in [-0.39, 0.29) is 18.2 Å². The van der Waals surface area contributed by atoms with Crippen LogP contribution in [0.2, 0.25) is 0 Å². The predicted octanol–water partition coefficient (Wildman–Crippen LogP) is 2.94. The summed E-state index contributed by atoms with van der Waals surface area (Å²) >= 11 is 0. The highest BCUT2D eigenvalue weighted by Crippen LogP contribution is 2.25. The van der Waals surface area contributed by atoms with E-state index in [1.54, 1.807) is 17.1 Å². The molecule has 1 N–H and O–H groups in total. The molecule has 4 rings (SSSR count). The first-order chi connectivity index (χ1) is 13.7. The number of carbonyl (C=O) groups is 1. The molecule has 3 aromatic rings. The van der Waals surface area contributed by atoms with Gasteiger partial charge >= 0.3 is 6.03 Å². The normalized spacial score (nSPS) is 19.4. The summed E-state index contributed by atoms with van der Waals surface area (Å²) in [6, 6.07) is 15.6. The summed E-state index contributed by atoms with van der Waals surface area (Å²) in [5.74, 6) is 0.723. The second-order valence-electron chi connectivity index (χ2n) is 6.88. The van der Waals surface area contributed by atoms with E-state index in [2.05, 4.69) is 15.4 Å². The molecular weight excluding hydrogens is 354 g/mol. The Morgan fingerprint density at radius 3 is 2.82 bits per heavy atom. The molecule has 1 aromatic carbocycles. The fourth-order valence-electron chi connectivity index (χ4n) is 3.36. The smallest absolute Gasteiger partial charge is 0.317 e. The molecule has 0 bridgehead atoms. The quantitative estimate of drug-likeness (QED) is 0.759. The van der Waals surface area contributed by atoms with Gasteiger partial charge in [-0.1, -0.05) is 30.3 Å². The van der Waals surface area contributed by atoms with Crippen LogP contribution in [-0.4, -0.2) is 44.9 Å². The number of hydrogen-bond acceptors (Lipinski definition) is 4. The molecule has 2 amide bonds. The molecule has 2 aromatic heterocycles. The van der Waals surface area contributed by atoms with Gasteiger partial charge in [-0.25, -0.2) is 14.5 Å². The van der Waals surface area contributed by atoms with Crippen LogP contribution in [0.4, 0.5) is 4.79 Å². The molecule has 0 saturated carbocycles. The largest absolute Gasteiger partial charge is 0.367 e. The summed E-state index contributed by atoms with van der Waals surface area (Å²) in [7, 11) is 0. The fraction of sp³-hybridized carbons (Fsp3) is 0.286. The zero-order valence-corrected chi connectivity index (χ0v) is 15.7. The summed E-state index contributed by atoms with van der Waals surface area (Å²) in [6.07, 6.45) is 5.14. The molecule has 2 atom stereocenters. The molecule has 28 heavy (non-hydrogen) atoms. The number of amides is 2. The average Bonchev–Trinajstić information content (AvgIpc) is 3.27. The number of pyridine rings is 1. The molecule has 1 aliphatic rings. The number of nitrogens with zero attached hydrogens (tertiary/aromatic N) is 4. The van der Waals surface area contributed by atoms with Crippen LogP contribution in [0, 0.1) is 0 Å². The van der Waals surface area contributed by atoms with Crippen LogP contribution in [0.25, 0.3) is 5.82 Å². The Kier molecular flexibility index (Phi) is 5.34. The second kappa shape index (κ2) is 8.22. The van der Waals surface area contributed by atoms with Crippen LogP contribution in [0.15, 0.2) is 67.1 Å². The monoisotopic (exact) mass is 377 g/mol. The molecule has 144 valence electrons. The lowest BCUT2D eigenvalue weighted by Gasteiger charge is -2.37. The summed E-state index contributed by atoms with van der Waals surface area (Å²) < 4.78 is 7.73. The third-order valence-corrected chi connectivity index (χ3v) is 4.71. The number of aromatic nitrogens is 3. The molecule has 1 aliphatic heterocycles. The molecule has 0 unspecified atom stereocenters. The lowest BCUT2D eigenvalue weighted by atomic mass is 10.1. The maximum absolute atomic E-state index is 12.7. The van der Waals surface area contributed by atoms with E-state index in [1.807, 2.05) is 66.6 Å². The molecule has 7 heteroatoms. The first-order valence-corrected chi connectivity index (χ1v) is 9.37. The number of rotatable bonds is 4. The molecular formula is C21H23N5O2. The number of nitrogens with one attached hydrogen (secondary N) is 1. The molecule has 3 heterocycles. The maximum Gasteiger partial charge on any atom is 0.317 e. The van der Waals surface area contributed by atoms with E-state index in [9.17, 15) is 4.79 Å². The lowest BCUT2D eigenvalue weighted by Crippen LogP contribution is -2.49. The Labute approximate surface area is 164 Å². The first-order valence-electron chi connectivity index (χ1n) is 9.37. The van der Waals surface area contributed by atoms with Crippen molar-refractivity contribution in [3.05, 3.63) is 78.2 Å². The van der Waals surface area contributed by atoms with E-state index in [4.69, 9.17) is 4.74 Å². The minimum absolute atomic E-state index is 0.0166. The van der Waals surface area contributed by atoms with Gasteiger partial charge in [0.25, 0.3) is 0 Å². The van der Waals surface area contributed by atoms with Gasteiger partial charge in [-0.2, -0.15) is 5.10 Å². The molecule has 0 spiro atoms. The van der Waals surface area contributed by atoms with Crippen molar-refractivity contribution in [2.24, 2.45) is 0 Å². The lowest BCUT2D eigenvalue weighted by molar-refractivity contribution is -0.0657. The van der Waals surface area contributed by atoms with E-state index < -0.39 is 0 Å². The third-order valence-electron chi connectivity index (χ3n) is 4.71. The second-order valence-corrected chi connectivity index (χ2v) is 6.88. The van der Waals surface area contributed by atoms with E-state index >= 15 is 0 Å². The molecule has 0 aliphatic carbocycles. The molecule has 1 saturated heterocycles. The number of urea groups is 1. The summed E-state index contributed by atoms with van der Waals surface area (Å²) in [6.45, 7) is 3.53. The zero-order valence-electron chi connectivity index (χ0n) is 15.7. The van der Waals surface area contributed by atoms with Gasteiger partial charge < -0.3 is 15.0 Å². The maximum atomic E-state index is 12.7. The number of hydrogen-bond donors (Lipinski definition) is 1. The van der Waals surface area contributed by atoms with Gasteiger partial charge in [0.05, 0.1) is 12.6 Å². The van der Waals surface area contributed by atoms with Gasteiger partial charge in [0.15, 0.2) is 5.82 Å². The van der Waals surface area contributed by atoms with Crippen molar-refractivity contribution in [2.45, 2.75) is 25.7 Å². The van der Waals surface area contributed by atoms with Crippen LogP contribution >= 0.6 is 0 Å². The average molecular weight is 377 g/mol. The van der Waals surface area contributed by atoms with Crippen LogP contribution in [0.1, 0.15) is 24.2 Å². The summed E-state index contributed by atoms with van der Waals surface area (Å²) in [5.41, 5.74) is 2.06.